The fourth-order valence-corrected chi connectivity index (χ4v) is 4.95. The van der Waals surface area contributed by atoms with Crippen molar-refractivity contribution >= 4 is 50.6 Å². The van der Waals surface area contributed by atoms with Gasteiger partial charge in [0, 0.05) is 0 Å². The first-order valence-corrected chi connectivity index (χ1v) is 10.7. The number of carbonyl (C=O) groups excluding carboxylic acids is 2. The highest BCUT2D eigenvalue weighted by Crippen LogP contribution is 2.30. The predicted octanol–water partition coefficient (Wildman–Crippen LogP) is 3.34. The molecule has 0 unspecified atom stereocenters. The number of ether oxygens (including phenoxy) is 2. The molecule has 0 atom stereocenters. The van der Waals surface area contributed by atoms with E-state index in [1.807, 2.05) is 0 Å². The summed E-state index contributed by atoms with van der Waals surface area (Å²) in [6.07, 6.45) is 0. The Morgan fingerprint density at radius 3 is 2.41 bits per heavy atom. The SMILES string of the molecule is CCOC(=O)CN(c1ccc(C(=O)OCC)c(Cl)c1)S(=O)(=O)c1cccs1. The first kappa shape index (κ1) is 21.2. The van der Waals surface area contributed by atoms with Crippen LogP contribution in [0.2, 0.25) is 5.02 Å². The van der Waals surface area contributed by atoms with Crippen LogP contribution in [0, 0.1) is 0 Å². The third kappa shape index (κ3) is 5.00. The number of esters is 2. The van der Waals surface area contributed by atoms with Crippen molar-refractivity contribution in [3.05, 3.63) is 46.3 Å². The van der Waals surface area contributed by atoms with Crippen molar-refractivity contribution < 1.29 is 27.5 Å². The fourth-order valence-electron chi connectivity index (χ4n) is 2.19. The molecule has 0 saturated heterocycles. The van der Waals surface area contributed by atoms with Gasteiger partial charge in [0.15, 0.2) is 0 Å². The van der Waals surface area contributed by atoms with Crippen molar-refractivity contribution in [3.63, 3.8) is 0 Å². The van der Waals surface area contributed by atoms with E-state index in [4.69, 9.17) is 21.1 Å². The number of carbonyl (C=O) groups is 2. The van der Waals surface area contributed by atoms with Gasteiger partial charge in [-0.05, 0) is 43.5 Å². The molecule has 0 aliphatic carbocycles. The molecule has 0 N–H and O–H groups in total. The molecule has 10 heteroatoms. The zero-order chi connectivity index (χ0) is 20.0. The summed E-state index contributed by atoms with van der Waals surface area (Å²) in [5, 5.41) is 1.63. The van der Waals surface area contributed by atoms with Crippen molar-refractivity contribution in [2.75, 3.05) is 24.1 Å². The average Bonchev–Trinajstić information content (AvgIpc) is 3.15. The lowest BCUT2D eigenvalue weighted by molar-refractivity contribution is -0.141. The number of thiophene rings is 1. The smallest absolute Gasteiger partial charge is 0.339 e. The summed E-state index contributed by atoms with van der Waals surface area (Å²) in [6.45, 7) is 3.06. The second kappa shape index (κ2) is 9.20. The molecule has 1 aromatic carbocycles. The van der Waals surface area contributed by atoms with Gasteiger partial charge < -0.3 is 9.47 Å². The topological polar surface area (TPSA) is 90.0 Å². The summed E-state index contributed by atoms with van der Waals surface area (Å²) >= 11 is 7.16. The van der Waals surface area contributed by atoms with Gasteiger partial charge in [0.25, 0.3) is 10.0 Å². The first-order valence-electron chi connectivity index (χ1n) is 7.99. The number of nitrogens with zero attached hydrogens (tertiary/aromatic N) is 1. The molecule has 7 nitrogen and oxygen atoms in total. The lowest BCUT2D eigenvalue weighted by Gasteiger charge is -2.23. The zero-order valence-electron chi connectivity index (χ0n) is 14.7. The molecule has 0 spiro atoms. The Labute approximate surface area is 166 Å². The summed E-state index contributed by atoms with van der Waals surface area (Å²) in [5.74, 6) is -1.32. The van der Waals surface area contributed by atoms with Crippen LogP contribution in [0.15, 0.2) is 39.9 Å². The average molecular weight is 432 g/mol. The van der Waals surface area contributed by atoms with Gasteiger partial charge >= 0.3 is 11.9 Å². The van der Waals surface area contributed by atoms with Gasteiger partial charge in [-0.2, -0.15) is 0 Å². The Morgan fingerprint density at radius 2 is 1.85 bits per heavy atom. The van der Waals surface area contributed by atoms with Crippen molar-refractivity contribution in [2.45, 2.75) is 18.1 Å². The molecule has 27 heavy (non-hydrogen) atoms. The highest BCUT2D eigenvalue weighted by molar-refractivity contribution is 7.94. The molecular weight excluding hydrogens is 414 g/mol. The molecule has 0 radical (unpaired) electrons. The van der Waals surface area contributed by atoms with Crippen molar-refractivity contribution in [3.8, 4) is 0 Å². The Hall–Kier alpha value is -2.10. The van der Waals surface area contributed by atoms with Gasteiger partial charge in [0.2, 0.25) is 0 Å². The van der Waals surface area contributed by atoms with Gasteiger partial charge in [-0.15, -0.1) is 11.3 Å². The highest BCUT2D eigenvalue weighted by Gasteiger charge is 2.29. The quantitative estimate of drug-likeness (QED) is 0.595. The van der Waals surface area contributed by atoms with Gasteiger partial charge in [-0.3, -0.25) is 9.10 Å². The van der Waals surface area contributed by atoms with Crippen LogP contribution in [0.5, 0.6) is 0 Å². The monoisotopic (exact) mass is 431 g/mol. The molecule has 2 aromatic rings. The highest BCUT2D eigenvalue weighted by atomic mass is 35.5. The second-order valence-electron chi connectivity index (χ2n) is 5.13. The van der Waals surface area contributed by atoms with Gasteiger partial charge in [-0.1, -0.05) is 17.7 Å². The third-order valence-electron chi connectivity index (χ3n) is 3.35. The number of hydrogen-bond donors (Lipinski definition) is 0. The number of sulfonamides is 1. The number of anilines is 1. The molecule has 0 aliphatic rings. The number of halogens is 1. The van der Waals surface area contributed by atoms with Crippen molar-refractivity contribution in [2.24, 2.45) is 0 Å². The fraction of sp³-hybridized carbons (Fsp3) is 0.294. The summed E-state index contributed by atoms with van der Waals surface area (Å²) in [6, 6.07) is 7.09. The summed E-state index contributed by atoms with van der Waals surface area (Å²) < 4.78 is 36.7. The first-order chi connectivity index (χ1) is 12.8. The minimum Gasteiger partial charge on any atom is -0.465 e. The number of hydrogen-bond acceptors (Lipinski definition) is 7. The molecule has 1 aromatic heterocycles. The van der Waals surface area contributed by atoms with E-state index in [1.54, 1.807) is 25.3 Å². The maximum Gasteiger partial charge on any atom is 0.339 e. The van der Waals surface area contributed by atoms with E-state index in [1.165, 1.54) is 24.3 Å². The van der Waals surface area contributed by atoms with E-state index in [0.29, 0.717) is 0 Å². The van der Waals surface area contributed by atoms with Crippen LogP contribution in [0.3, 0.4) is 0 Å². The lowest BCUT2D eigenvalue weighted by Crippen LogP contribution is -2.36. The molecule has 0 fully saturated rings. The van der Waals surface area contributed by atoms with E-state index < -0.39 is 28.5 Å². The third-order valence-corrected chi connectivity index (χ3v) is 6.81. The molecular formula is C17H18ClNO6S2. The van der Waals surface area contributed by atoms with E-state index in [-0.39, 0.29) is 33.7 Å². The molecule has 0 bridgehead atoms. The van der Waals surface area contributed by atoms with Crippen LogP contribution in [-0.4, -0.2) is 40.1 Å². The van der Waals surface area contributed by atoms with Crippen LogP contribution in [0.4, 0.5) is 5.69 Å². The van der Waals surface area contributed by atoms with Crippen LogP contribution in [-0.2, 0) is 24.3 Å². The van der Waals surface area contributed by atoms with Crippen LogP contribution in [0.1, 0.15) is 24.2 Å². The number of rotatable bonds is 8. The Bertz CT molecular complexity index is 912. The minimum absolute atomic E-state index is 0.0150. The minimum atomic E-state index is -4.01. The molecule has 1 heterocycles. The summed E-state index contributed by atoms with van der Waals surface area (Å²) in [4.78, 5) is 23.8. The lowest BCUT2D eigenvalue weighted by atomic mass is 10.2. The van der Waals surface area contributed by atoms with Crippen molar-refractivity contribution in [1.29, 1.82) is 0 Å². The molecule has 0 amide bonds. The van der Waals surface area contributed by atoms with Crippen molar-refractivity contribution in [1.82, 2.24) is 0 Å². The van der Waals surface area contributed by atoms with Gasteiger partial charge in [0.1, 0.15) is 10.8 Å². The largest absolute Gasteiger partial charge is 0.465 e. The summed E-state index contributed by atoms with van der Waals surface area (Å²) in [5.41, 5.74) is 0.237. The predicted molar refractivity (Wildman–Crippen MR) is 103 cm³/mol. The number of benzene rings is 1. The van der Waals surface area contributed by atoms with E-state index in [9.17, 15) is 18.0 Å². The maximum atomic E-state index is 13.0. The molecule has 146 valence electrons. The molecule has 0 saturated carbocycles. The molecule has 2 rings (SSSR count). The Balaban J connectivity index is 2.46. The summed E-state index contributed by atoms with van der Waals surface area (Å²) in [7, 11) is -4.01. The zero-order valence-corrected chi connectivity index (χ0v) is 17.1. The van der Waals surface area contributed by atoms with E-state index >= 15 is 0 Å². The standard InChI is InChI=1S/C17H18ClNO6S2/c1-3-24-15(20)11-19(27(22,23)16-6-5-9-26-16)12-7-8-13(14(18)10-12)17(21)25-4-2/h5-10H,3-4,11H2,1-2H3. The van der Waals surface area contributed by atoms with Crippen LogP contribution in [0.25, 0.3) is 0 Å². The Kier molecular flexibility index (Phi) is 7.23. The van der Waals surface area contributed by atoms with Crippen LogP contribution < -0.4 is 4.31 Å². The van der Waals surface area contributed by atoms with Gasteiger partial charge in [0.05, 0.1) is 29.5 Å². The molecule has 0 aliphatic heterocycles. The normalized spacial score (nSPS) is 11.1. The van der Waals surface area contributed by atoms with E-state index in [2.05, 4.69) is 0 Å². The second-order valence-corrected chi connectivity index (χ2v) is 8.58. The maximum absolute atomic E-state index is 13.0. The van der Waals surface area contributed by atoms with Gasteiger partial charge in [-0.25, -0.2) is 13.2 Å². The Morgan fingerprint density at radius 1 is 1.15 bits per heavy atom. The van der Waals surface area contributed by atoms with Crippen LogP contribution >= 0.6 is 22.9 Å². The van der Waals surface area contributed by atoms with E-state index in [0.717, 1.165) is 15.6 Å².